The molecule has 4 nitrogen and oxygen atoms in total. The van der Waals surface area contributed by atoms with Gasteiger partial charge in [0, 0.05) is 34.6 Å². The van der Waals surface area contributed by atoms with Gasteiger partial charge in [-0.25, -0.2) is 0 Å². The second-order valence-electron chi connectivity index (χ2n) is 10.0. The Morgan fingerprint density at radius 1 is 0.892 bits per heavy atom. The summed E-state index contributed by atoms with van der Waals surface area (Å²) in [4.78, 5) is 29.4. The average molecular weight is 538 g/mol. The molecule has 0 aliphatic heterocycles. The van der Waals surface area contributed by atoms with Crippen LogP contribution in [0.2, 0.25) is 10.0 Å². The molecule has 6 heteroatoms. The van der Waals surface area contributed by atoms with Crippen molar-refractivity contribution in [2.24, 2.45) is 0 Å². The van der Waals surface area contributed by atoms with E-state index >= 15 is 0 Å². The molecule has 1 saturated carbocycles. The van der Waals surface area contributed by atoms with Gasteiger partial charge in [0.2, 0.25) is 11.8 Å². The third-order valence-corrected chi connectivity index (χ3v) is 8.00. The Bertz CT molecular complexity index is 1220. The molecule has 0 radical (unpaired) electrons. The number of amides is 2. The summed E-state index contributed by atoms with van der Waals surface area (Å²) < 4.78 is 0. The first-order chi connectivity index (χ1) is 17.8. The molecule has 1 fully saturated rings. The lowest BCUT2D eigenvalue weighted by atomic mass is 10.00. The predicted octanol–water partition coefficient (Wildman–Crippen LogP) is 6.85. The van der Waals surface area contributed by atoms with Crippen molar-refractivity contribution in [3.63, 3.8) is 0 Å². The lowest BCUT2D eigenvalue weighted by Gasteiger charge is -2.33. The lowest BCUT2D eigenvalue weighted by molar-refractivity contribution is -0.141. The summed E-state index contributed by atoms with van der Waals surface area (Å²) in [6.07, 6.45) is 4.75. The van der Waals surface area contributed by atoms with Crippen LogP contribution in [0.25, 0.3) is 0 Å². The zero-order valence-electron chi connectivity index (χ0n) is 21.5. The minimum Gasteiger partial charge on any atom is -0.352 e. The smallest absolute Gasteiger partial charge is 0.243 e. The van der Waals surface area contributed by atoms with Crippen LogP contribution in [-0.4, -0.2) is 28.8 Å². The Morgan fingerprint density at radius 3 is 2.22 bits per heavy atom. The van der Waals surface area contributed by atoms with Gasteiger partial charge in [0.1, 0.15) is 6.04 Å². The molecule has 194 valence electrons. The maximum atomic E-state index is 14.0. The molecule has 1 aliphatic carbocycles. The Hall–Kier alpha value is -2.82. The first-order valence-corrected chi connectivity index (χ1v) is 13.7. The van der Waals surface area contributed by atoms with Gasteiger partial charge in [-0.2, -0.15) is 0 Å². The van der Waals surface area contributed by atoms with Crippen LogP contribution < -0.4 is 5.32 Å². The number of nitrogens with one attached hydrogen (secondary N) is 1. The van der Waals surface area contributed by atoms with Gasteiger partial charge in [-0.05, 0) is 61.1 Å². The van der Waals surface area contributed by atoms with E-state index in [0.29, 0.717) is 22.0 Å². The fourth-order valence-corrected chi connectivity index (χ4v) is 5.48. The minimum atomic E-state index is -0.700. The number of rotatable bonds is 9. The number of halogens is 2. The van der Waals surface area contributed by atoms with E-state index in [1.165, 1.54) is 5.56 Å². The molecule has 4 rings (SSSR count). The zero-order chi connectivity index (χ0) is 26.4. The molecule has 1 atom stereocenters. The van der Waals surface area contributed by atoms with Gasteiger partial charge in [0.15, 0.2) is 0 Å². The van der Waals surface area contributed by atoms with Gasteiger partial charge in [0.05, 0.1) is 6.42 Å². The van der Waals surface area contributed by atoms with Gasteiger partial charge < -0.3 is 10.2 Å². The van der Waals surface area contributed by atoms with Crippen LogP contribution in [0, 0.1) is 13.8 Å². The highest BCUT2D eigenvalue weighted by molar-refractivity contribution is 6.36. The molecule has 0 saturated heterocycles. The number of nitrogens with zero attached hydrogens (tertiary/aromatic N) is 1. The quantitative estimate of drug-likeness (QED) is 0.325. The Balaban J connectivity index is 1.70. The van der Waals surface area contributed by atoms with Gasteiger partial charge in [-0.1, -0.05) is 90.6 Å². The molecule has 1 unspecified atom stereocenters. The summed E-state index contributed by atoms with van der Waals surface area (Å²) in [6.45, 7) is 4.24. The standard InChI is InChI=1S/C31H34Cl2N2O2/c1-21-15-16-24(17-22(21)2)19-30(36)35(20-26-27(32)13-8-14-28(26)33)29(18-23-9-4-3-5-10-23)31(37)34-25-11-6-7-12-25/h3-5,8-10,13-17,25,29H,6-7,11-12,18-20H2,1-2H3,(H,34,37). The SMILES string of the molecule is Cc1ccc(CC(=O)N(Cc2c(Cl)cccc2Cl)C(Cc2ccccc2)C(=O)NC2CCCC2)cc1C. The summed E-state index contributed by atoms with van der Waals surface area (Å²) >= 11 is 13.1. The fourth-order valence-electron chi connectivity index (χ4n) is 4.96. The van der Waals surface area contributed by atoms with Gasteiger partial charge >= 0.3 is 0 Å². The van der Waals surface area contributed by atoms with E-state index in [4.69, 9.17) is 23.2 Å². The van der Waals surface area contributed by atoms with Crippen LogP contribution >= 0.6 is 23.2 Å². The molecular formula is C31H34Cl2N2O2. The molecule has 3 aromatic carbocycles. The Labute approximate surface area is 230 Å². The summed E-state index contributed by atoms with van der Waals surface area (Å²) in [7, 11) is 0. The first-order valence-electron chi connectivity index (χ1n) is 12.9. The van der Waals surface area contributed by atoms with Crippen LogP contribution in [0.15, 0.2) is 66.7 Å². The van der Waals surface area contributed by atoms with E-state index in [1.807, 2.05) is 55.5 Å². The van der Waals surface area contributed by atoms with E-state index in [1.54, 1.807) is 23.1 Å². The van der Waals surface area contributed by atoms with Crippen LogP contribution in [0.4, 0.5) is 0 Å². The van der Waals surface area contributed by atoms with Crippen molar-refractivity contribution in [2.45, 2.75) is 71.0 Å². The number of carbonyl (C=O) groups is 2. The van der Waals surface area contributed by atoms with Crippen molar-refractivity contribution >= 4 is 35.0 Å². The molecule has 0 aromatic heterocycles. The monoisotopic (exact) mass is 536 g/mol. The van der Waals surface area contributed by atoms with E-state index < -0.39 is 6.04 Å². The van der Waals surface area contributed by atoms with Crippen molar-refractivity contribution in [3.8, 4) is 0 Å². The highest BCUT2D eigenvalue weighted by Gasteiger charge is 2.33. The Kier molecular flexibility index (Phi) is 9.28. The molecular weight excluding hydrogens is 503 g/mol. The third kappa shape index (κ3) is 7.15. The molecule has 0 heterocycles. The van der Waals surface area contributed by atoms with Gasteiger partial charge in [0.25, 0.3) is 0 Å². The Morgan fingerprint density at radius 2 is 1.57 bits per heavy atom. The number of benzene rings is 3. The molecule has 1 N–H and O–H groups in total. The van der Waals surface area contributed by atoms with Crippen LogP contribution in [-0.2, 0) is 29.0 Å². The van der Waals surface area contributed by atoms with Crippen molar-refractivity contribution in [1.82, 2.24) is 10.2 Å². The number of carbonyl (C=O) groups excluding carboxylic acids is 2. The summed E-state index contributed by atoms with van der Waals surface area (Å²) in [5, 5.41) is 4.19. The molecule has 37 heavy (non-hydrogen) atoms. The average Bonchev–Trinajstić information content (AvgIpc) is 3.38. The number of hydrogen-bond donors (Lipinski definition) is 1. The predicted molar refractivity (Wildman–Crippen MR) is 151 cm³/mol. The molecule has 0 bridgehead atoms. The second-order valence-corrected chi connectivity index (χ2v) is 10.8. The summed E-state index contributed by atoms with van der Waals surface area (Å²) in [5.74, 6) is -0.269. The third-order valence-electron chi connectivity index (χ3n) is 7.29. The van der Waals surface area contributed by atoms with Gasteiger partial charge in [-0.3, -0.25) is 9.59 Å². The highest BCUT2D eigenvalue weighted by Crippen LogP contribution is 2.28. The second kappa shape index (κ2) is 12.6. The first kappa shape index (κ1) is 27.2. The van der Waals surface area contributed by atoms with Crippen LogP contribution in [0.1, 0.15) is 53.5 Å². The normalized spacial score (nSPS) is 14.4. The van der Waals surface area contributed by atoms with E-state index in [-0.39, 0.29) is 30.8 Å². The number of aryl methyl sites for hydroxylation is 2. The van der Waals surface area contributed by atoms with Crippen molar-refractivity contribution in [2.75, 3.05) is 0 Å². The number of hydrogen-bond acceptors (Lipinski definition) is 2. The van der Waals surface area contributed by atoms with Crippen LogP contribution in [0.3, 0.4) is 0 Å². The summed E-state index contributed by atoms with van der Waals surface area (Å²) in [6, 6.07) is 20.6. The maximum Gasteiger partial charge on any atom is 0.243 e. The maximum absolute atomic E-state index is 14.0. The lowest BCUT2D eigenvalue weighted by Crippen LogP contribution is -2.52. The minimum absolute atomic E-state index is 0.132. The van der Waals surface area contributed by atoms with E-state index in [9.17, 15) is 9.59 Å². The van der Waals surface area contributed by atoms with Crippen molar-refractivity contribution < 1.29 is 9.59 Å². The molecule has 2 amide bonds. The fraction of sp³-hybridized carbons (Fsp3) is 0.355. The van der Waals surface area contributed by atoms with Crippen molar-refractivity contribution in [3.05, 3.63) is 105 Å². The topological polar surface area (TPSA) is 49.4 Å². The van der Waals surface area contributed by atoms with E-state index in [2.05, 4.69) is 12.2 Å². The largest absolute Gasteiger partial charge is 0.352 e. The van der Waals surface area contributed by atoms with Crippen LogP contribution in [0.5, 0.6) is 0 Å². The van der Waals surface area contributed by atoms with Gasteiger partial charge in [-0.15, -0.1) is 0 Å². The molecule has 3 aromatic rings. The van der Waals surface area contributed by atoms with E-state index in [0.717, 1.165) is 42.4 Å². The summed E-state index contributed by atoms with van der Waals surface area (Å²) in [5.41, 5.74) is 4.85. The van der Waals surface area contributed by atoms with Crippen molar-refractivity contribution in [1.29, 1.82) is 0 Å². The highest BCUT2D eigenvalue weighted by atomic mass is 35.5. The molecule has 1 aliphatic rings. The zero-order valence-corrected chi connectivity index (χ0v) is 23.0. The molecule has 0 spiro atoms.